The lowest BCUT2D eigenvalue weighted by molar-refractivity contribution is -0.132. The summed E-state index contributed by atoms with van der Waals surface area (Å²) in [7, 11) is 0. The SMILES string of the molecule is O=C(NCC1CCCN(C(=O)Cc2ccc3ccccc3c2)C1)C1CCCN1. The van der Waals surface area contributed by atoms with E-state index in [1.165, 1.54) is 10.8 Å². The minimum absolute atomic E-state index is 0.0331. The van der Waals surface area contributed by atoms with Crippen molar-refractivity contribution in [2.75, 3.05) is 26.2 Å². The molecule has 0 spiro atoms. The Kier molecular flexibility index (Phi) is 5.91. The molecule has 2 amide bonds. The molecule has 2 aliphatic heterocycles. The van der Waals surface area contributed by atoms with Crippen molar-refractivity contribution in [2.45, 2.75) is 38.1 Å². The van der Waals surface area contributed by atoms with Gasteiger partial charge in [0.25, 0.3) is 0 Å². The van der Waals surface area contributed by atoms with Crippen LogP contribution in [0.4, 0.5) is 0 Å². The van der Waals surface area contributed by atoms with Gasteiger partial charge < -0.3 is 15.5 Å². The Morgan fingerprint density at radius 2 is 1.93 bits per heavy atom. The Morgan fingerprint density at radius 1 is 1.07 bits per heavy atom. The molecular weight excluding hydrogens is 350 g/mol. The molecule has 0 radical (unpaired) electrons. The molecule has 28 heavy (non-hydrogen) atoms. The van der Waals surface area contributed by atoms with Gasteiger partial charge in [0.2, 0.25) is 11.8 Å². The number of fused-ring (bicyclic) bond motifs is 1. The number of amides is 2. The van der Waals surface area contributed by atoms with Crippen LogP contribution in [0.25, 0.3) is 10.8 Å². The number of carbonyl (C=O) groups is 2. The summed E-state index contributed by atoms with van der Waals surface area (Å²) in [6.07, 6.45) is 4.51. The normalized spacial score (nSPS) is 22.4. The second kappa shape index (κ2) is 8.74. The standard InChI is InChI=1S/C23H29N3O2/c27-22(14-17-9-10-19-6-1-2-7-20(19)13-17)26-12-4-5-18(16-26)15-25-23(28)21-8-3-11-24-21/h1-2,6-7,9-10,13,18,21,24H,3-5,8,11-12,14-16H2,(H,25,28). The third kappa shape index (κ3) is 4.53. The van der Waals surface area contributed by atoms with Crippen LogP contribution in [-0.2, 0) is 16.0 Å². The molecule has 2 saturated heterocycles. The van der Waals surface area contributed by atoms with Crippen molar-refractivity contribution in [3.63, 3.8) is 0 Å². The van der Waals surface area contributed by atoms with E-state index < -0.39 is 0 Å². The van der Waals surface area contributed by atoms with E-state index in [1.807, 2.05) is 17.0 Å². The van der Waals surface area contributed by atoms with Gasteiger partial charge in [-0.15, -0.1) is 0 Å². The maximum Gasteiger partial charge on any atom is 0.237 e. The maximum atomic E-state index is 12.8. The highest BCUT2D eigenvalue weighted by atomic mass is 16.2. The first kappa shape index (κ1) is 18.9. The van der Waals surface area contributed by atoms with E-state index in [9.17, 15) is 9.59 Å². The van der Waals surface area contributed by atoms with Crippen LogP contribution in [0.3, 0.4) is 0 Å². The number of nitrogens with zero attached hydrogens (tertiary/aromatic N) is 1. The predicted molar refractivity (Wildman–Crippen MR) is 111 cm³/mol. The number of benzene rings is 2. The predicted octanol–water partition coefficient (Wildman–Crippen LogP) is 2.49. The number of nitrogens with one attached hydrogen (secondary N) is 2. The molecule has 2 aromatic rings. The summed E-state index contributed by atoms with van der Waals surface area (Å²) < 4.78 is 0. The van der Waals surface area contributed by atoms with Crippen LogP contribution in [0.2, 0.25) is 0 Å². The molecule has 0 aliphatic carbocycles. The second-order valence-corrected chi connectivity index (χ2v) is 8.10. The molecule has 0 saturated carbocycles. The molecule has 2 unspecified atom stereocenters. The van der Waals surface area contributed by atoms with Crippen LogP contribution < -0.4 is 10.6 Å². The summed E-state index contributed by atoms with van der Waals surface area (Å²) in [6.45, 7) is 3.15. The van der Waals surface area contributed by atoms with E-state index >= 15 is 0 Å². The van der Waals surface area contributed by atoms with Gasteiger partial charge in [-0.05, 0) is 54.5 Å². The first-order chi connectivity index (χ1) is 13.7. The van der Waals surface area contributed by atoms with Gasteiger partial charge in [-0.2, -0.15) is 0 Å². The second-order valence-electron chi connectivity index (χ2n) is 8.10. The van der Waals surface area contributed by atoms with E-state index in [0.29, 0.717) is 18.9 Å². The van der Waals surface area contributed by atoms with Crippen molar-refractivity contribution in [1.82, 2.24) is 15.5 Å². The van der Waals surface area contributed by atoms with Crippen LogP contribution in [0.15, 0.2) is 42.5 Å². The molecule has 2 atom stereocenters. The fourth-order valence-corrected chi connectivity index (χ4v) is 4.37. The van der Waals surface area contributed by atoms with Crippen molar-refractivity contribution < 1.29 is 9.59 Å². The minimum Gasteiger partial charge on any atom is -0.354 e. The fraction of sp³-hybridized carbons (Fsp3) is 0.478. The molecule has 148 valence electrons. The zero-order valence-corrected chi connectivity index (χ0v) is 16.3. The highest BCUT2D eigenvalue weighted by molar-refractivity contribution is 5.85. The minimum atomic E-state index is -0.0331. The van der Waals surface area contributed by atoms with Gasteiger partial charge in [0.1, 0.15) is 0 Å². The van der Waals surface area contributed by atoms with Gasteiger partial charge >= 0.3 is 0 Å². The summed E-state index contributed by atoms with van der Waals surface area (Å²) in [4.78, 5) is 27.0. The molecule has 4 rings (SSSR count). The van der Waals surface area contributed by atoms with E-state index in [1.54, 1.807) is 0 Å². The summed E-state index contributed by atoms with van der Waals surface area (Å²) in [5.74, 6) is 0.639. The molecule has 0 aromatic heterocycles. The Labute approximate surface area is 166 Å². The van der Waals surface area contributed by atoms with Crippen LogP contribution in [0.5, 0.6) is 0 Å². The topological polar surface area (TPSA) is 61.4 Å². The third-order valence-corrected chi connectivity index (χ3v) is 5.98. The molecule has 2 aromatic carbocycles. The largest absolute Gasteiger partial charge is 0.354 e. The number of rotatable bonds is 5. The summed E-state index contributed by atoms with van der Waals surface area (Å²) >= 11 is 0. The van der Waals surface area contributed by atoms with Crippen LogP contribution in [-0.4, -0.2) is 48.9 Å². The molecule has 2 heterocycles. The van der Waals surface area contributed by atoms with Gasteiger partial charge in [0, 0.05) is 19.6 Å². The van der Waals surface area contributed by atoms with E-state index in [0.717, 1.165) is 50.9 Å². The summed E-state index contributed by atoms with van der Waals surface area (Å²) in [6, 6.07) is 14.5. The third-order valence-electron chi connectivity index (χ3n) is 5.98. The van der Waals surface area contributed by atoms with Gasteiger partial charge in [-0.1, -0.05) is 42.5 Å². The van der Waals surface area contributed by atoms with Gasteiger partial charge in [-0.3, -0.25) is 9.59 Å². The van der Waals surface area contributed by atoms with E-state index in [4.69, 9.17) is 0 Å². The molecular formula is C23H29N3O2. The summed E-state index contributed by atoms with van der Waals surface area (Å²) in [5, 5.41) is 8.69. The summed E-state index contributed by atoms with van der Waals surface area (Å²) in [5.41, 5.74) is 1.06. The van der Waals surface area contributed by atoms with Gasteiger partial charge in [0.05, 0.1) is 12.5 Å². The molecule has 5 nitrogen and oxygen atoms in total. The smallest absolute Gasteiger partial charge is 0.237 e. The number of hydrogen-bond acceptors (Lipinski definition) is 3. The van der Waals surface area contributed by atoms with Gasteiger partial charge in [0.15, 0.2) is 0 Å². The van der Waals surface area contributed by atoms with Crippen molar-refractivity contribution in [1.29, 1.82) is 0 Å². The number of carbonyl (C=O) groups excluding carboxylic acids is 2. The average Bonchev–Trinajstić information content (AvgIpc) is 3.27. The van der Waals surface area contributed by atoms with Gasteiger partial charge in [-0.25, -0.2) is 0 Å². The highest BCUT2D eigenvalue weighted by Gasteiger charge is 2.26. The average molecular weight is 380 g/mol. The maximum absolute atomic E-state index is 12.8. The number of likely N-dealkylation sites (tertiary alicyclic amines) is 1. The first-order valence-electron chi connectivity index (χ1n) is 10.5. The van der Waals surface area contributed by atoms with Crippen molar-refractivity contribution in [3.05, 3.63) is 48.0 Å². The zero-order valence-electron chi connectivity index (χ0n) is 16.3. The molecule has 0 bridgehead atoms. The van der Waals surface area contributed by atoms with E-state index in [2.05, 4.69) is 41.0 Å². The molecule has 2 N–H and O–H groups in total. The lowest BCUT2D eigenvalue weighted by Gasteiger charge is -2.33. The van der Waals surface area contributed by atoms with Crippen LogP contribution >= 0.6 is 0 Å². The number of hydrogen-bond donors (Lipinski definition) is 2. The number of piperidine rings is 1. The van der Waals surface area contributed by atoms with E-state index in [-0.39, 0.29) is 17.9 Å². The Balaban J connectivity index is 1.30. The molecule has 2 fully saturated rings. The Hall–Kier alpha value is -2.40. The van der Waals surface area contributed by atoms with Crippen molar-refractivity contribution in [3.8, 4) is 0 Å². The fourth-order valence-electron chi connectivity index (χ4n) is 4.37. The zero-order chi connectivity index (χ0) is 19.3. The lowest BCUT2D eigenvalue weighted by Crippen LogP contribution is -2.47. The van der Waals surface area contributed by atoms with Crippen molar-refractivity contribution >= 4 is 22.6 Å². The monoisotopic (exact) mass is 379 g/mol. The van der Waals surface area contributed by atoms with Crippen LogP contribution in [0.1, 0.15) is 31.2 Å². The Bertz CT molecular complexity index is 845. The quantitative estimate of drug-likeness (QED) is 0.839. The lowest BCUT2D eigenvalue weighted by atomic mass is 9.97. The highest BCUT2D eigenvalue weighted by Crippen LogP contribution is 2.19. The molecule has 5 heteroatoms. The van der Waals surface area contributed by atoms with Crippen molar-refractivity contribution in [2.24, 2.45) is 5.92 Å². The van der Waals surface area contributed by atoms with Crippen LogP contribution in [0, 0.1) is 5.92 Å². The first-order valence-corrected chi connectivity index (χ1v) is 10.5. The molecule has 2 aliphatic rings. The Morgan fingerprint density at radius 3 is 2.75 bits per heavy atom.